The van der Waals surface area contributed by atoms with Crippen molar-refractivity contribution < 1.29 is 9.53 Å². The van der Waals surface area contributed by atoms with Gasteiger partial charge in [0, 0.05) is 13.7 Å². The zero-order valence-corrected chi connectivity index (χ0v) is 10.9. The number of amides is 1. The molecule has 0 saturated heterocycles. The van der Waals surface area contributed by atoms with E-state index in [0.717, 1.165) is 10.9 Å². The van der Waals surface area contributed by atoms with Crippen LogP contribution in [0.4, 0.5) is 0 Å². The van der Waals surface area contributed by atoms with Crippen molar-refractivity contribution >= 4 is 16.7 Å². The van der Waals surface area contributed by atoms with Crippen LogP contribution in [0.15, 0.2) is 42.5 Å². The molecule has 0 fully saturated rings. The summed E-state index contributed by atoms with van der Waals surface area (Å²) in [6, 6.07) is 13.6. The molecule has 4 heteroatoms. The third kappa shape index (κ3) is 3.53. The summed E-state index contributed by atoms with van der Waals surface area (Å²) in [6.45, 7) is 0.699. The largest absolute Gasteiger partial charge is 0.383 e. The van der Waals surface area contributed by atoms with Crippen LogP contribution in [0, 0.1) is 0 Å². The Labute approximate surface area is 112 Å². The van der Waals surface area contributed by atoms with Crippen molar-refractivity contribution in [2.24, 2.45) is 5.73 Å². The molecule has 2 aromatic rings. The molecule has 3 N–H and O–H groups in total. The molecule has 0 aliphatic carbocycles. The summed E-state index contributed by atoms with van der Waals surface area (Å²) in [6.07, 6.45) is 0. The van der Waals surface area contributed by atoms with Gasteiger partial charge in [-0.3, -0.25) is 4.79 Å². The molecular formula is C15H18N2O2. The van der Waals surface area contributed by atoms with Crippen LogP contribution >= 0.6 is 0 Å². The Morgan fingerprint density at radius 1 is 1.26 bits per heavy atom. The third-order valence-electron chi connectivity index (χ3n) is 2.96. The lowest BCUT2D eigenvalue weighted by atomic mass is 10.1. The number of ether oxygens (including phenoxy) is 1. The maximum atomic E-state index is 11.7. The monoisotopic (exact) mass is 258 g/mol. The zero-order chi connectivity index (χ0) is 13.7. The van der Waals surface area contributed by atoms with Gasteiger partial charge in [0.2, 0.25) is 5.91 Å². The number of carbonyl (C=O) groups is 1. The maximum Gasteiger partial charge on any atom is 0.239 e. The quantitative estimate of drug-likeness (QED) is 0.852. The molecule has 0 radical (unpaired) electrons. The molecule has 1 amide bonds. The van der Waals surface area contributed by atoms with Gasteiger partial charge in [0.15, 0.2) is 0 Å². The fourth-order valence-electron chi connectivity index (χ4n) is 1.92. The molecule has 0 saturated carbocycles. The van der Waals surface area contributed by atoms with Crippen molar-refractivity contribution in [1.82, 2.24) is 5.32 Å². The first-order valence-corrected chi connectivity index (χ1v) is 6.20. The van der Waals surface area contributed by atoms with Crippen molar-refractivity contribution in [2.45, 2.75) is 12.6 Å². The van der Waals surface area contributed by atoms with Crippen LogP contribution in [0.25, 0.3) is 10.8 Å². The van der Waals surface area contributed by atoms with Gasteiger partial charge in [-0.15, -0.1) is 0 Å². The van der Waals surface area contributed by atoms with Crippen LogP contribution in [0.3, 0.4) is 0 Å². The Balaban J connectivity index is 2.00. The number of methoxy groups -OCH3 is 1. The summed E-state index contributed by atoms with van der Waals surface area (Å²) in [4.78, 5) is 11.7. The molecule has 0 aliphatic heterocycles. The summed E-state index contributed by atoms with van der Waals surface area (Å²) in [5.41, 5.74) is 6.70. The van der Waals surface area contributed by atoms with Gasteiger partial charge in [0.25, 0.3) is 0 Å². The van der Waals surface area contributed by atoms with Crippen LogP contribution in [0.1, 0.15) is 5.56 Å². The molecule has 19 heavy (non-hydrogen) atoms. The average molecular weight is 258 g/mol. The Hall–Kier alpha value is -1.91. The predicted octanol–water partition coefficient (Wildman–Crippen LogP) is 1.43. The van der Waals surface area contributed by atoms with E-state index in [1.807, 2.05) is 24.3 Å². The fraction of sp³-hybridized carbons (Fsp3) is 0.267. The second-order valence-electron chi connectivity index (χ2n) is 4.46. The highest BCUT2D eigenvalue weighted by molar-refractivity contribution is 5.84. The molecule has 4 nitrogen and oxygen atoms in total. The Morgan fingerprint density at radius 2 is 2.00 bits per heavy atom. The van der Waals surface area contributed by atoms with E-state index >= 15 is 0 Å². The molecule has 1 atom stereocenters. The second kappa shape index (κ2) is 6.31. The SMILES string of the molecule is COCC(N)C(=O)NCc1ccc2ccccc2c1. The summed E-state index contributed by atoms with van der Waals surface area (Å²) in [5.74, 6) is -0.199. The Bertz CT molecular complexity index is 569. The lowest BCUT2D eigenvalue weighted by Gasteiger charge is -2.11. The predicted molar refractivity (Wildman–Crippen MR) is 75.6 cm³/mol. The van der Waals surface area contributed by atoms with Gasteiger partial charge in [0.1, 0.15) is 6.04 Å². The standard InChI is InChI=1S/C15H18N2O2/c1-19-10-14(16)15(18)17-9-11-6-7-12-4-2-3-5-13(12)8-11/h2-8,14H,9-10,16H2,1H3,(H,17,18). The third-order valence-corrected chi connectivity index (χ3v) is 2.96. The van der Waals surface area contributed by atoms with Gasteiger partial charge in [0.05, 0.1) is 6.61 Å². The van der Waals surface area contributed by atoms with E-state index in [4.69, 9.17) is 10.5 Å². The number of nitrogens with one attached hydrogen (secondary N) is 1. The molecular weight excluding hydrogens is 240 g/mol. The van der Waals surface area contributed by atoms with Gasteiger partial charge in [-0.05, 0) is 22.4 Å². The smallest absolute Gasteiger partial charge is 0.239 e. The normalized spacial score (nSPS) is 12.3. The minimum Gasteiger partial charge on any atom is -0.383 e. The van der Waals surface area contributed by atoms with Crippen LogP contribution in [0.5, 0.6) is 0 Å². The summed E-state index contributed by atoms with van der Waals surface area (Å²) < 4.78 is 4.85. The molecule has 2 aromatic carbocycles. The molecule has 0 spiro atoms. The fourth-order valence-corrected chi connectivity index (χ4v) is 1.92. The van der Waals surface area contributed by atoms with E-state index in [2.05, 4.69) is 23.5 Å². The molecule has 0 bridgehead atoms. The summed E-state index contributed by atoms with van der Waals surface area (Å²) >= 11 is 0. The van der Waals surface area contributed by atoms with Crippen molar-refractivity contribution in [2.75, 3.05) is 13.7 Å². The number of hydrogen-bond donors (Lipinski definition) is 2. The van der Waals surface area contributed by atoms with Gasteiger partial charge in [-0.2, -0.15) is 0 Å². The highest BCUT2D eigenvalue weighted by atomic mass is 16.5. The van der Waals surface area contributed by atoms with Crippen molar-refractivity contribution in [3.8, 4) is 0 Å². The highest BCUT2D eigenvalue weighted by Crippen LogP contribution is 2.15. The van der Waals surface area contributed by atoms with Crippen LogP contribution in [-0.2, 0) is 16.1 Å². The first kappa shape index (κ1) is 13.5. The van der Waals surface area contributed by atoms with Crippen molar-refractivity contribution in [1.29, 1.82) is 0 Å². The first-order valence-electron chi connectivity index (χ1n) is 6.20. The molecule has 0 aliphatic rings. The number of benzene rings is 2. The topological polar surface area (TPSA) is 64.3 Å². The average Bonchev–Trinajstić information content (AvgIpc) is 2.44. The van der Waals surface area contributed by atoms with Gasteiger partial charge in [-0.1, -0.05) is 36.4 Å². The molecule has 0 aromatic heterocycles. The zero-order valence-electron chi connectivity index (χ0n) is 10.9. The lowest BCUT2D eigenvalue weighted by molar-refractivity contribution is -0.123. The van der Waals surface area contributed by atoms with Crippen LogP contribution in [-0.4, -0.2) is 25.7 Å². The van der Waals surface area contributed by atoms with E-state index in [9.17, 15) is 4.79 Å². The number of nitrogens with two attached hydrogens (primary N) is 1. The van der Waals surface area contributed by atoms with E-state index < -0.39 is 6.04 Å². The summed E-state index contributed by atoms with van der Waals surface area (Å²) in [5, 5.41) is 5.16. The number of carbonyl (C=O) groups excluding carboxylic acids is 1. The number of fused-ring (bicyclic) bond motifs is 1. The van der Waals surface area contributed by atoms with Crippen LogP contribution in [0.2, 0.25) is 0 Å². The minimum atomic E-state index is -0.620. The number of rotatable bonds is 5. The lowest BCUT2D eigenvalue weighted by Crippen LogP contribution is -2.43. The molecule has 1 unspecified atom stereocenters. The maximum absolute atomic E-state index is 11.7. The van der Waals surface area contributed by atoms with E-state index in [1.165, 1.54) is 12.5 Å². The van der Waals surface area contributed by atoms with E-state index in [-0.39, 0.29) is 12.5 Å². The van der Waals surface area contributed by atoms with Crippen molar-refractivity contribution in [3.05, 3.63) is 48.0 Å². The minimum absolute atomic E-state index is 0.199. The molecule has 2 rings (SSSR count). The van der Waals surface area contributed by atoms with Crippen LogP contribution < -0.4 is 11.1 Å². The van der Waals surface area contributed by atoms with Gasteiger partial charge in [-0.25, -0.2) is 0 Å². The number of hydrogen-bond acceptors (Lipinski definition) is 3. The second-order valence-corrected chi connectivity index (χ2v) is 4.46. The Morgan fingerprint density at radius 3 is 2.74 bits per heavy atom. The van der Waals surface area contributed by atoms with Gasteiger partial charge >= 0.3 is 0 Å². The van der Waals surface area contributed by atoms with E-state index in [0.29, 0.717) is 6.54 Å². The van der Waals surface area contributed by atoms with Gasteiger partial charge < -0.3 is 15.8 Å². The van der Waals surface area contributed by atoms with E-state index in [1.54, 1.807) is 0 Å². The summed E-state index contributed by atoms with van der Waals surface area (Å²) in [7, 11) is 1.52. The van der Waals surface area contributed by atoms with Crippen molar-refractivity contribution in [3.63, 3.8) is 0 Å². The molecule has 0 heterocycles. The molecule has 100 valence electrons. The highest BCUT2D eigenvalue weighted by Gasteiger charge is 2.12. The Kier molecular flexibility index (Phi) is 4.49. The first-order chi connectivity index (χ1) is 9.20.